The zero-order valence-electron chi connectivity index (χ0n) is 11.8. The van der Waals surface area contributed by atoms with Gasteiger partial charge < -0.3 is 20.4 Å². The molecule has 12 heteroatoms. The Hall–Kier alpha value is -3.44. The summed E-state index contributed by atoms with van der Waals surface area (Å²) in [6.07, 6.45) is -0.873. The van der Waals surface area contributed by atoms with Crippen LogP contribution in [0.2, 0.25) is 0 Å². The van der Waals surface area contributed by atoms with Crippen molar-refractivity contribution in [3.05, 3.63) is 0 Å². The molecule has 0 radical (unpaired) electrons. The van der Waals surface area contributed by atoms with E-state index >= 15 is 0 Å². The molecule has 130 valence electrons. The summed E-state index contributed by atoms with van der Waals surface area (Å²) in [5, 5.41) is 34.9. The second-order valence-corrected chi connectivity index (χ2v) is 4.34. The fourth-order valence-corrected chi connectivity index (χ4v) is 2.13. The maximum atomic E-state index is 11.9. The number of aliphatic carboxylic acids is 4. The average molecular weight is 346 g/mol. The van der Waals surface area contributed by atoms with Crippen molar-refractivity contribution in [2.24, 2.45) is 11.3 Å². The van der Waals surface area contributed by atoms with Gasteiger partial charge in [0, 0.05) is 0 Å². The van der Waals surface area contributed by atoms with E-state index in [0.29, 0.717) is 0 Å². The van der Waals surface area contributed by atoms with E-state index in [4.69, 9.17) is 20.4 Å². The Labute approximate surface area is 131 Å². The predicted octanol–water partition coefficient (Wildman–Crippen LogP) is -2.39. The molecule has 24 heavy (non-hydrogen) atoms. The second-order valence-electron chi connectivity index (χ2n) is 4.34. The Morgan fingerprint density at radius 1 is 0.667 bits per heavy atom. The minimum Gasteiger partial charge on any atom is -0.475 e. The van der Waals surface area contributed by atoms with Gasteiger partial charge in [0.2, 0.25) is 5.78 Å². The van der Waals surface area contributed by atoms with Crippen molar-refractivity contribution >= 4 is 47.0 Å². The summed E-state index contributed by atoms with van der Waals surface area (Å²) in [6.45, 7) is 0.930. The summed E-state index contributed by atoms with van der Waals surface area (Å²) in [5.74, 6) is -22.3. The fraction of sp³-hybridized carbons (Fsp3) is 0.333. The maximum absolute atomic E-state index is 11.9. The lowest BCUT2D eigenvalue weighted by Gasteiger charge is -2.30. The predicted molar refractivity (Wildman–Crippen MR) is 66.8 cm³/mol. The molecule has 0 heterocycles. The molecule has 0 aliphatic rings. The highest BCUT2D eigenvalue weighted by Gasteiger charge is 2.66. The SMILES string of the molecule is CCC(C(=O)C(=O)O)C(C(=O)C(=O)O)(C(=O)C(=O)O)C(=O)C(=O)O. The molecule has 1 atom stereocenters. The third-order valence-corrected chi connectivity index (χ3v) is 3.12. The number of rotatable bonds is 10. The van der Waals surface area contributed by atoms with Crippen LogP contribution in [0.25, 0.3) is 0 Å². The monoisotopic (exact) mass is 346 g/mol. The van der Waals surface area contributed by atoms with Crippen molar-refractivity contribution in [2.75, 3.05) is 0 Å². The van der Waals surface area contributed by atoms with Gasteiger partial charge in [-0.05, 0) is 6.42 Å². The molecule has 0 saturated heterocycles. The van der Waals surface area contributed by atoms with Crippen LogP contribution < -0.4 is 0 Å². The number of carbonyl (C=O) groups is 8. The van der Waals surface area contributed by atoms with Crippen LogP contribution in [0.15, 0.2) is 0 Å². The van der Waals surface area contributed by atoms with Gasteiger partial charge in [0.1, 0.15) is 0 Å². The summed E-state index contributed by atoms with van der Waals surface area (Å²) in [5.41, 5.74) is -4.03. The summed E-state index contributed by atoms with van der Waals surface area (Å²) in [6, 6.07) is 0. The van der Waals surface area contributed by atoms with Crippen molar-refractivity contribution in [3.8, 4) is 0 Å². The Balaban J connectivity index is 7.05. The largest absolute Gasteiger partial charge is 0.475 e. The van der Waals surface area contributed by atoms with Gasteiger partial charge in [0.15, 0.2) is 5.41 Å². The highest BCUT2D eigenvalue weighted by Crippen LogP contribution is 2.36. The van der Waals surface area contributed by atoms with E-state index in [9.17, 15) is 38.4 Å². The van der Waals surface area contributed by atoms with Crippen LogP contribution in [-0.4, -0.2) is 67.4 Å². The van der Waals surface area contributed by atoms with E-state index in [0.717, 1.165) is 6.92 Å². The topological polar surface area (TPSA) is 217 Å². The Kier molecular flexibility index (Phi) is 6.18. The zero-order valence-corrected chi connectivity index (χ0v) is 11.8. The zero-order chi connectivity index (χ0) is 19.4. The van der Waals surface area contributed by atoms with Gasteiger partial charge in [0.25, 0.3) is 17.3 Å². The molecule has 0 saturated carbocycles. The van der Waals surface area contributed by atoms with E-state index in [1.54, 1.807) is 0 Å². The van der Waals surface area contributed by atoms with Crippen LogP contribution in [0.1, 0.15) is 13.3 Å². The number of carbonyl (C=O) groups excluding carboxylic acids is 4. The smallest absolute Gasteiger partial charge is 0.373 e. The molecule has 1 unspecified atom stereocenters. The number of ketones is 4. The van der Waals surface area contributed by atoms with E-state index in [-0.39, 0.29) is 0 Å². The molecule has 0 amide bonds. The third kappa shape index (κ3) is 3.16. The maximum Gasteiger partial charge on any atom is 0.373 e. The van der Waals surface area contributed by atoms with Gasteiger partial charge in [-0.2, -0.15) is 0 Å². The Morgan fingerprint density at radius 3 is 1.12 bits per heavy atom. The molecule has 0 bridgehead atoms. The fourth-order valence-electron chi connectivity index (χ4n) is 2.13. The Bertz CT molecular complexity index is 605. The second kappa shape index (κ2) is 7.21. The molecular weight excluding hydrogens is 336 g/mol. The van der Waals surface area contributed by atoms with Crippen LogP contribution in [0.3, 0.4) is 0 Å². The molecular formula is C12H10O12. The molecule has 0 fully saturated rings. The Morgan fingerprint density at radius 2 is 0.958 bits per heavy atom. The van der Waals surface area contributed by atoms with E-state index in [2.05, 4.69) is 0 Å². The highest BCUT2D eigenvalue weighted by molar-refractivity contribution is 6.62. The van der Waals surface area contributed by atoms with Crippen LogP contribution in [-0.2, 0) is 38.4 Å². The highest BCUT2D eigenvalue weighted by atomic mass is 16.4. The van der Waals surface area contributed by atoms with Gasteiger partial charge in [-0.25, -0.2) is 19.2 Å². The number of carboxylic acid groups (broad SMARTS) is 4. The average Bonchev–Trinajstić information content (AvgIpc) is 2.49. The van der Waals surface area contributed by atoms with Crippen molar-refractivity contribution in [1.29, 1.82) is 0 Å². The molecule has 0 aromatic rings. The quantitative estimate of drug-likeness (QED) is 0.240. The minimum absolute atomic E-state index is 0.873. The standard InChI is InChI=1S/C12H10O12/c1-2-3(4(13)8(17)18)12(5(14)9(19)20,6(15)10(21)22)7(16)11(23)24/h3H,2H2,1H3,(H,17,18)(H,19,20)(H,21,22)(H,23,24). The molecule has 0 aliphatic carbocycles. The summed E-state index contributed by atoms with van der Waals surface area (Å²) in [4.78, 5) is 90.8. The number of carboxylic acids is 4. The summed E-state index contributed by atoms with van der Waals surface area (Å²) in [7, 11) is 0. The lowest BCUT2D eigenvalue weighted by atomic mass is 9.63. The van der Waals surface area contributed by atoms with Crippen molar-refractivity contribution in [2.45, 2.75) is 13.3 Å². The van der Waals surface area contributed by atoms with Crippen molar-refractivity contribution in [3.63, 3.8) is 0 Å². The van der Waals surface area contributed by atoms with Gasteiger partial charge in [-0.15, -0.1) is 0 Å². The minimum atomic E-state index is -4.03. The van der Waals surface area contributed by atoms with Crippen molar-refractivity contribution < 1.29 is 58.8 Å². The third-order valence-electron chi connectivity index (χ3n) is 3.12. The number of hydrogen-bond acceptors (Lipinski definition) is 8. The van der Waals surface area contributed by atoms with Crippen LogP contribution in [0.4, 0.5) is 0 Å². The van der Waals surface area contributed by atoms with Gasteiger partial charge in [-0.3, -0.25) is 19.2 Å². The lowest BCUT2D eigenvalue weighted by molar-refractivity contribution is -0.174. The molecule has 0 aromatic heterocycles. The van der Waals surface area contributed by atoms with E-state index < -0.39 is 64.8 Å². The normalized spacial score (nSPS) is 11.9. The van der Waals surface area contributed by atoms with E-state index in [1.165, 1.54) is 0 Å². The molecule has 4 N–H and O–H groups in total. The molecule has 0 aliphatic heterocycles. The summed E-state index contributed by atoms with van der Waals surface area (Å²) >= 11 is 0. The van der Waals surface area contributed by atoms with Crippen LogP contribution in [0.5, 0.6) is 0 Å². The summed E-state index contributed by atoms with van der Waals surface area (Å²) < 4.78 is 0. The van der Waals surface area contributed by atoms with Gasteiger partial charge in [-0.1, -0.05) is 6.92 Å². The first-order valence-electron chi connectivity index (χ1n) is 5.97. The first-order valence-corrected chi connectivity index (χ1v) is 5.97. The molecule has 0 aromatic carbocycles. The first-order chi connectivity index (χ1) is 10.9. The molecule has 0 rings (SSSR count). The van der Waals surface area contributed by atoms with Crippen LogP contribution >= 0.6 is 0 Å². The van der Waals surface area contributed by atoms with Crippen LogP contribution in [0, 0.1) is 11.3 Å². The first kappa shape index (κ1) is 20.6. The lowest BCUT2D eigenvalue weighted by Crippen LogP contribution is -2.61. The van der Waals surface area contributed by atoms with Crippen molar-refractivity contribution in [1.82, 2.24) is 0 Å². The van der Waals surface area contributed by atoms with Gasteiger partial charge >= 0.3 is 23.9 Å². The number of Topliss-reactive ketones (excluding diaryl/α,β-unsaturated/α-hetero) is 4. The van der Waals surface area contributed by atoms with Gasteiger partial charge in [0.05, 0.1) is 5.92 Å². The molecule has 12 nitrogen and oxygen atoms in total. The number of hydrogen-bond donors (Lipinski definition) is 4. The van der Waals surface area contributed by atoms with E-state index in [1.807, 2.05) is 0 Å². The molecule has 0 spiro atoms.